The molecule has 0 aromatic heterocycles. The van der Waals surface area contributed by atoms with Crippen LogP contribution in [0.3, 0.4) is 0 Å². The molecule has 12 heavy (non-hydrogen) atoms. The lowest BCUT2D eigenvalue weighted by molar-refractivity contribution is 0.311. The highest BCUT2D eigenvalue weighted by Gasteiger charge is 1.97. The standard InChI is InChI=1S/C8H11IN2O/c9-7-5-6(10)1-2-8(7)11-3-4-12/h1-2,5,11-12H,3-4,10H2. The van der Waals surface area contributed by atoms with Gasteiger partial charge in [-0.05, 0) is 40.8 Å². The lowest BCUT2D eigenvalue weighted by Crippen LogP contribution is -2.06. The van der Waals surface area contributed by atoms with E-state index < -0.39 is 0 Å². The second-order valence-corrected chi connectivity index (χ2v) is 3.55. The van der Waals surface area contributed by atoms with Gasteiger partial charge < -0.3 is 16.2 Å². The Labute approximate surface area is 85.1 Å². The third-order valence-electron chi connectivity index (χ3n) is 1.42. The van der Waals surface area contributed by atoms with E-state index in [1.165, 1.54) is 0 Å². The van der Waals surface area contributed by atoms with Gasteiger partial charge in [0, 0.05) is 21.5 Å². The number of nitrogens with two attached hydrogens (primary N) is 1. The zero-order valence-corrected chi connectivity index (χ0v) is 8.71. The number of aliphatic hydroxyl groups is 1. The molecule has 4 heteroatoms. The molecule has 66 valence electrons. The van der Waals surface area contributed by atoms with Crippen LogP contribution in [-0.4, -0.2) is 18.3 Å². The van der Waals surface area contributed by atoms with Gasteiger partial charge in [0.2, 0.25) is 0 Å². The molecule has 0 radical (unpaired) electrons. The summed E-state index contributed by atoms with van der Waals surface area (Å²) >= 11 is 2.20. The molecule has 0 heterocycles. The number of hydrogen-bond donors (Lipinski definition) is 3. The average Bonchev–Trinajstić information content (AvgIpc) is 2.03. The highest BCUT2D eigenvalue weighted by atomic mass is 127. The highest BCUT2D eigenvalue weighted by molar-refractivity contribution is 14.1. The number of halogens is 1. The van der Waals surface area contributed by atoms with E-state index in [9.17, 15) is 0 Å². The molecular formula is C8H11IN2O. The Morgan fingerprint density at radius 3 is 2.83 bits per heavy atom. The van der Waals surface area contributed by atoms with E-state index in [4.69, 9.17) is 10.8 Å². The van der Waals surface area contributed by atoms with Gasteiger partial charge >= 0.3 is 0 Å². The molecule has 0 fully saturated rings. The number of anilines is 2. The Morgan fingerprint density at radius 1 is 1.50 bits per heavy atom. The lowest BCUT2D eigenvalue weighted by Gasteiger charge is -2.06. The topological polar surface area (TPSA) is 58.3 Å². The molecule has 0 aliphatic rings. The van der Waals surface area contributed by atoms with Crippen molar-refractivity contribution < 1.29 is 5.11 Å². The van der Waals surface area contributed by atoms with Crippen LogP contribution in [-0.2, 0) is 0 Å². The van der Waals surface area contributed by atoms with Gasteiger partial charge in [0.1, 0.15) is 0 Å². The molecule has 0 unspecified atom stereocenters. The number of aliphatic hydroxyl groups excluding tert-OH is 1. The van der Waals surface area contributed by atoms with Crippen molar-refractivity contribution in [2.24, 2.45) is 0 Å². The Morgan fingerprint density at radius 2 is 2.25 bits per heavy atom. The number of rotatable bonds is 3. The summed E-state index contributed by atoms with van der Waals surface area (Å²) in [4.78, 5) is 0. The van der Waals surface area contributed by atoms with Crippen LogP contribution in [0.5, 0.6) is 0 Å². The first-order chi connectivity index (χ1) is 5.74. The van der Waals surface area contributed by atoms with Gasteiger partial charge in [-0.2, -0.15) is 0 Å². The average molecular weight is 278 g/mol. The van der Waals surface area contributed by atoms with E-state index in [2.05, 4.69) is 27.9 Å². The fraction of sp³-hybridized carbons (Fsp3) is 0.250. The first-order valence-electron chi connectivity index (χ1n) is 3.64. The van der Waals surface area contributed by atoms with E-state index in [0.29, 0.717) is 6.54 Å². The molecule has 0 spiro atoms. The van der Waals surface area contributed by atoms with Crippen LogP contribution in [0.1, 0.15) is 0 Å². The molecule has 3 nitrogen and oxygen atoms in total. The quantitative estimate of drug-likeness (QED) is 0.576. The first kappa shape index (κ1) is 9.60. The van der Waals surface area contributed by atoms with Crippen molar-refractivity contribution in [3.63, 3.8) is 0 Å². The second-order valence-electron chi connectivity index (χ2n) is 2.39. The fourth-order valence-electron chi connectivity index (χ4n) is 0.865. The van der Waals surface area contributed by atoms with Crippen molar-refractivity contribution >= 4 is 34.0 Å². The van der Waals surface area contributed by atoms with Gasteiger partial charge in [-0.3, -0.25) is 0 Å². The van der Waals surface area contributed by atoms with Crippen LogP contribution in [0, 0.1) is 3.57 Å². The van der Waals surface area contributed by atoms with E-state index in [1.54, 1.807) is 0 Å². The molecule has 0 atom stereocenters. The second kappa shape index (κ2) is 4.51. The van der Waals surface area contributed by atoms with Gasteiger partial charge in [0.15, 0.2) is 0 Å². The summed E-state index contributed by atoms with van der Waals surface area (Å²) in [5.41, 5.74) is 7.35. The van der Waals surface area contributed by atoms with Crippen LogP contribution in [0.2, 0.25) is 0 Å². The van der Waals surface area contributed by atoms with Gasteiger partial charge in [-0.25, -0.2) is 0 Å². The van der Waals surface area contributed by atoms with Gasteiger partial charge in [0.05, 0.1) is 6.61 Å². The van der Waals surface area contributed by atoms with Crippen molar-refractivity contribution in [1.29, 1.82) is 0 Å². The molecule has 0 saturated heterocycles. The molecule has 4 N–H and O–H groups in total. The molecule has 1 aromatic rings. The summed E-state index contributed by atoms with van der Waals surface area (Å²) in [7, 11) is 0. The molecule has 1 rings (SSSR count). The Balaban J connectivity index is 2.72. The molecular weight excluding hydrogens is 267 g/mol. The predicted octanol–water partition coefficient (Wildman–Crippen LogP) is 1.28. The minimum absolute atomic E-state index is 0.139. The van der Waals surface area contributed by atoms with Crippen LogP contribution in [0.15, 0.2) is 18.2 Å². The summed E-state index contributed by atoms with van der Waals surface area (Å²) in [5.74, 6) is 0. The summed E-state index contributed by atoms with van der Waals surface area (Å²) < 4.78 is 1.07. The third kappa shape index (κ3) is 2.53. The summed E-state index contributed by atoms with van der Waals surface area (Å²) in [6, 6.07) is 5.63. The minimum Gasteiger partial charge on any atom is -0.399 e. The number of nitrogen functional groups attached to an aromatic ring is 1. The maximum absolute atomic E-state index is 8.58. The summed E-state index contributed by atoms with van der Waals surface area (Å²) in [6.45, 7) is 0.709. The van der Waals surface area contributed by atoms with E-state index in [0.717, 1.165) is 14.9 Å². The van der Waals surface area contributed by atoms with Crippen molar-refractivity contribution in [1.82, 2.24) is 0 Å². The van der Waals surface area contributed by atoms with Crippen molar-refractivity contribution in [3.8, 4) is 0 Å². The Bertz CT molecular complexity index is 265. The highest BCUT2D eigenvalue weighted by Crippen LogP contribution is 2.20. The molecule has 1 aromatic carbocycles. The first-order valence-corrected chi connectivity index (χ1v) is 4.71. The smallest absolute Gasteiger partial charge is 0.0604 e. The maximum Gasteiger partial charge on any atom is 0.0604 e. The SMILES string of the molecule is Nc1ccc(NCCO)c(I)c1. The van der Waals surface area contributed by atoms with Crippen LogP contribution < -0.4 is 11.1 Å². The Hall–Kier alpha value is -0.490. The normalized spacial score (nSPS) is 9.83. The number of nitrogens with one attached hydrogen (secondary N) is 1. The largest absolute Gasteiger partial charge is 0.399 e. The van der Waals surface area contributed by atoms with Gasteiger partial charge in [-0.15, -0.1) is 0 Å². The zero-order valence-electron chi connectivity index (χ0n) is 6.55. The van der Waals surface area contributed by atoms with E-state index >= 15 is 0 Å². The summed E-state index contributed by atoms with van der Waals surface area (Å²) in [5, 5.41) is 11.7. The third-order valence-corrected chi connectivity index (χ3v) is 2.31. The van der Waals surface area contributed by atoms with Gasteiger partial charge in [0.25, 0.3) is 0 Å². The monoisotopic (exact) mass is 278 g/mol. The van der Waals surface area contributed by atoms with E-state index in [1.807, 2.05) is 18.2 Å². The molecule has 0 saturated carbocycles. The lowest BCUT2D eigenvalue weighted by atomic mass is 10.3. The number of hydrogen-bond acceptors (Lipinski definition) is 3. The molecule has 0 amide bonds. The van der Waals surface area contributed by atoms with Crippen molar-refractivity contribution in [3.05, 3.63) is 21.8 Å². The maximum atomic E-state index is 8.58. The van der Waals surface area contributed by atoms with Crippen LogP contribution >= 0.6 is 22.6 Å². The minimum atomic E-state index is 0.139. The van der Waals surface area contributed by atoms with E-state index in [-0.39, 0.29) is 6.61 Å². The van der Waals surface area contributed by atoms with Crippen LogP contribution in [0.25, 0.3) is 0 Å². The van der Waals surface area contributed by atoms with Crippen molar-refractivity contribution in [2.45, 2.75) is 0 Å². The van der Waals surface area contributed by atoms with Crippen LogP contribution in [0.4, 0.5) is 11.4 Å². The Kier molecular flexibility index (Phi) is 3.61. The summed E-state index contributed by atoms with van der Waals surface area (Å²) in [6.07, 6.45) is 0. The number of benzene rings is 1. The molecule has 0 aliphatic heterocycles. The zero-order chi connectivity index (χ0) is 8.97. The molecule has 0 bridgehead atoms. The van der Waals surface area contributed by atoms with Gasteiger partial charge in [-0.1, -0.05) is 0 Å². The van der Waals surface area contributed by atoms with Crippen molar-refractivity contribution in [2.75, 3.05) is 24.2 Å². The predicted molar refractivity (Wildman–Crippen MR) is 59.1 cm³/mol. The fourth-order valence-corrected chi connectivity index (χ4v) is 1.60. The molecule has 0 aliphatic carbocycles.